The Kier molecular flexibility index (Phi) is 4.08. The summed E-state index contributed by atoms with van der Waals surface area (Å²) in [6.07, 6.45) is 2.83. The molecular formula is C15H13BrN2OS. The summed E-state index contributed by atoms with van der Waals surface area (Å²) in [5.41, 5.74) is 0.695. The lowest BCUT2D eigenvalue weighted by atomic mass is 10.1. The molecule has 3 nitrogen and oxygen atoms in total. The van der Waals surface area contributed by atoms with Crippen LogP contribution in [-0.4, -0.2) is 28.9 Å². The molecule has 1 fully saturated rings. The molecule has 0 bridgehead atoms. The molecule has 2 aromatic rings. The van der Waals surface area contributed by atoms with Gasteiger partial charge in [0.25, 0.3) is 5.91 Å². The summed E-state index contributed by atoms with van der Waals surface area (Å²) < 4.78 is 1.04. The topological polar surface area (TPSA) is 33.2 Å². The summed E-state index contributed by atoms with van der Waals surface area (Å²) in [4.78, 5) is 19.7. The van der Waals surface area contributed by atoms with E-state index in [4.69, 9.17) is 0 Å². The maximum absolute atomic E-state index is 12.4. The minimum absolute atomic E-state index is 0.0870. The number of halogens is 1. The lowest BCUT2D eigenvalue weighted by Gasteiger charge is -2.31. The molecule has 0 saturated carbocycles. The fraction of sp³-hybridized carbons (Fsp3) is 0.200. The molecule has 102 valence electrons. The van der Waals surface area contributed by atoms with Crippen molar-refractivity contribution >= 4 is 33.6 Å². The molecule has 0 radical (unpaired) electrons. The molecule has 20 heavy (non-hydrogen) atoms. The van der Waals surface area contributed by atoms with Gasteiger partial charge < -0.3 is 4.90 Å². The number of amides is 1. The Morgan fingerprint density at radius 2 is 1.95 bits per heavy atom. The molecule has 1 saturated heterocycles. The summed E-state index contributed by atoms with van der Waals surface area (Å²) in [6, 6.07) is 11.7. The molecule has 1 amide bonds. The molecule has 1 aliphatic heterocycles. The first-order valence-electron chi connectivity index (χ1n) is 6.42. The van der Waals surface area contributed by atoms with Crippen LogP contribution in [0.2, 0.25) is 0 Å². The van der Waals surface area contributed by atoms with Crippen molar-refractivity contribution in [2.24, 2.45) is 0 Å². The molecule has 5 heteroatoms. The average molecular weight is 349 g/mol. The third-order valence-electron chi connectivity index (χ3n) is 3.17. The van der Waals surface area contributed by atoms with Crippen LogP contribution < -0.4 is 0 Å². The zero-order valence-corrected chi connectivity index (χ0v) is 13.2. The third-order valence-corrected chi connectivity index (χ3v) is 4.73. The van der Waals surface area contributed by atoms with Crippen molar-refractivity contribution in [3.8, 4) is 0 Å². The minimum atomic E-state index is 0.0870. The Morgan fingerprint density at radius 3 is 2.60 bits per heavy atom. The predicted octanol–water partition coefficient (Wildman–Crippen LogP) is 3.84. The first-order chi connectivity index (χ1) is 9.74. The molecule has 1 aliphatic rings. The molecule has 0 spiro atoms. The van der Waals surface area contributed by atoms with E-state index in [-0.39, 0.29) is 5.91 Å². The van der Waals surface area contributed by atoms with Crippen LogP contribution in [0.3, 0.4) is 0 Å². The van der Waals surface area contributed by atoms with Gasteiger partial charge in [0.1, 0.15) is 5.03 Å². The Hall–Kier alpha value is -1.33. The van der Waals surface area contributed by atoms with Crippen molar-refractivity contribution in [1.82, 2.24) is 9.88 Å². The first-order valence-corrected chi connectivity index (χ1v) is 8.03. The first kappa shape index (κ1) is 13.6. The molecule has 2 heterocycles. The van der Waals surface area contributed by atoms with Crippen LogP contribution in [0.4, 0.5) is 0 Å². The molecule has 3 rings (SSSR count). The highest BCUT2D eigenvalue weighted by Crippen LogP contribution is 2.30. The Balaban J connectivity index is 1.85. The van der Waals surface area contributed by atoms with E-state index in [0.717, 1.165) is 33.9 Å². The molecular weight excluding hydrogens is 336 g/mol. The average Bonchev–Trinajstić information content (AvgIpc) is 2.40. The van der Waals surface area contributed by atoms with Crippen LogP contribution in [0.5, 0.6) is 0 Å². The third kappa shape index (κ3) is 2.88. The van der Waals surface area contributed by atoms with Crippen LogP contribution in [0.25, 0.3) is 0 Å². The molecule has 1 aromatic heterocycles. The number of carbonyl (C=O) groups excluding carboxylic acids is 1. The fourth-order valence-electron chi connectivity index (χ4n) is 1.94. The summed E-state index contributed by atoms with van der Waals surface area (Å²) in [5, 5.41) is 0.770. The second kappa shape index (κ2) is 5.97. The standard InChI is InChI=1S/C15H13BrN2OS/c16-11-4-6-12(7-5-11)20-14-13(3-1-8-17-14)15(19)18-9-2-10-18/h1,3-8H,2,9-10H2. The number of carbonyl (C=O) groups is 1. The molecule has 0 unspecified atom stereocenters. The Bertz CT molecular complexity index is 626. The number of aromatic nitrogens is 1. The monoisotopic (exact) mass is 348 g/mol. The number of likely N-dealkylation sites (tertiary alicyclic amines) is 1. The van der Waals surface area contributed by atoms with E-state index in [2.05, 4.69) is 20.9 Å². The number of pyridine rings is 1. The summed E-state index contributed by atoms with van der Waals surface area (Å²) in [5.74, 6) is 0.0870. The van der Waals surface area contributed by atoms with Crippen LogP contribution in [0, 0.1) is 0 Å². The second-order valence-corrected chi connectivity index (χ2v) is 6.54. The van der Waals surface area contributed by atoms with Crippen LogP contribution >= 0.6 is 27.7 Å². The van der Waals surface area contributed by atoms with Crippen LogP contribution in [0.1, 0.15) is 16.8 Å². The zero-order valence-electron chi connectivity index (χ0n) is 10.8. The molecule has 0 atom stereocenters. The summed E-state index contributed by atoms with van der Waals surface area (Å²) in [7, 11) is 0. The van der Waals surface area contributed by atoms with Crippen LogP contribution in [0.15, 0.2) is 57.0 Å². The van der Waals surface area contributed by atoms with E-state index in [1.807, 2.05) is 41.3 Å². The molecule has 0 aliphatic carbocycles. The van der Waals surface area contributed by atoms with Crippen molar-refractivity contribution < 1.29 is 4.79 Å². The second-order valence-electron chi connectivity index (χ2n) is 4.56. The van der Waals surface area contributed by atoms with Gasteiger partial charge in [-0.15, -0.1) is 0 Å². The number of rotatable bonds is 3. The highest BCUT2D eigenvalue weighted by Gasteiger charge is 2.24. The van der Waals surface area contributed by atoms with Gasteiger partial charge in [-0.05, 0) is 42.8 Å². The summed E-state index contributed by atoms with van der Waals surface area (Å²) in [6.45, 7) is 1.71. The van der Waals surface area contributed by atoms with Gasteiger partial charge in [-0.3, -0.25) is 4.79 Å². The van der Waals surface area contributed by atoms with Crippen molar-refractivity contribution in [3.05, 3.63) is 52.6 Å². The number of hydrogen-bond acceptors (Lipinski definition) is 3. The highest BCUT2D eigenvalue weighted by atomic mass is 79.9. The van der Waals surface area contributed by atoms with Crippen molar-refractivity contribution in [3.63, 3.8) is 0 Å². The van der Waals surface area contributed by atoms with Gasteiger partial charge in [-0.2, -0.15) is 0 Å². The smallest absolute Gasteiger partial charge is 0.256 e. The minimum Gasteiger partial charge on any atom is -0.338 e. The van der Waals surface area contributed by atoms with Crippen molar-refractivity contribution in [2.75, 3.05) is 13.1 Å². The van der Waals surface area contributed by atoms with E-state index in [9.17, 15) is 4.79 Å². The maximum atomic E-state index is 12.4. The van der Waals surface area contributed by atoms with Gasteiger partial charge >= 0.3 is 0 Å². The van der Waals surface area contributed by atoms with Gasteiger partial charge in [-0.25, -0.2) is 4.98 Å². The lowest BCUT2D eigenvalue weighted by molar-refractivity contribution is 0.0647. The molecule has 1 aromatic carbocycles. The predicted molar refractivity (Wildman–Crippen MR) is 83.0 cm³/mol. The summed E-state index contributed by atoms with van der Waals surface area (Å²) >= 11 is 4.94. The van der Waals surface area contributed by atoms with Crippen molar-refractivity contribution in [1.29, 1.82) is 0 Å². The van der Waals surface area contributed by atoms with Gasteiger partial charge in [-0.1, -0.05) is 27.7 Å². The fourth-order valence-corrected chi connectivity index (χ4v) is 3.08. The maximum Gasteiger partial charge on any atom is 0.256 e. The van der Waals surface area contributed by atoms with E-state index in [1.165, 1.54) is 11.8 Å². The quantitative estimate of drug-likeness (QED) is 0.844. The normalized spacial score (nSPS) is 13.9. The Morgan fingerprint density at radius 1 is 1.20 bits per heavy atom. The van der Waals surface area contributed by atoms with E-state index < -0.39 is 0 Å². The lowest BCUT2D eigenvalue weighted by Crippen LogP contribution is -2.42. The zero-order chi connectivity index (χ0) is 13.9. The van der Waals surface area contributed by atoms with Gasteiger partial charge in [0, 0.05) is 28.7 Å². The van der Waals surface area contributed by atoms with E-state index >= 15 is 0 Å². The van der Waals surface area contributed by atoms with Gasteiger partial charge in [0.15, 0.2) is 0 Å². The van der Waals surface area contributed by atoms with E-state index in [1.54, 1.807) is 6.20 Å². The Labute approximate surface area is 130 Å². The number of nitrogens with zero attached hydrogens (tertiary/aromatic N) is 2. The SMILES string of the molecule is O=C(c1cccnc1Sc1ccc(Br)cc1)N1CCC1. The van der Waals surface area contributed by atoms with Crippen molar-refractivity contribution in [2.45, 2.75) is 16.3 Å². The largest absolute Gasteiger partial charge is 0.338 e. The van der Waals surface area contributed by atoms with E-state index in [0.29, 0.717) is 5.56 Å². The van der Waals surface area contributed by atoms with Gasteiger partial charge in [0.2, 0.25) is 0 Å². The number of benzene rings is 1. The number of hydrogen-bond donors (Lipinski definition) is 0. The van der Waals surface area contributed by atoms with Gasteiger partial charge in [0.05, 0.1) is 5.56 Å². The highest BCUT2D eigenvalue weighted by molar-refractivity contribution is 9.10. The van der Waals surface area contributed by atoms with Crippen LogP contribution in [-0.2, 0) is 0 Å². The molecule has 0 N–H and O–H groups in total.